The highest BCUT2D eigenvalue weighted by Crippen LogP contribution is 2.74. The average Bonchev–Trinajstić information content (AvgIpc) is 2.91. The Labute approximate surface area is 162 Å². The van der Waals surface area contributed by atoms with Crippen LogP contribution in [0.15, 0.2) is 12.1 Å². The van der Waals surface area contributed by atoms with Crippen LogP contribution < -0.4 is 9.47 Å². The first kappa shape index (κ1) is 16.7. The highest BCUT2D eigenvalue weighted by molar-refractivity contribution is 5.95. The van der Waals surface area contributed by atoms with Crippen LogP contribution in [-0.2, 0) is 14.3 Å². The molecule has 2 saturated carbocycles. The summed E-state index contributed by atoms with van der Waals surface area (Å²) in [5, 5.41) is 0. The smallest absolute Gasteiger partial charge is 0.339 e. The molecule has 2 aliphatic carbocycles. The Morgan fingerprint density at radius 2 is 2.00 bits per heavy atom. The molecule has 5 aliphatic rings. The van der Waals surface area contributed by atoms with E-state index in [0.717, 1.165) is 24.9 Å². The minimum Gasteiger partial charge on any atom is -0.455 e. The first-order valence-corrected chi connectivity index (χ1v) is 9.85. The van der Waals surface area contributed by atoms with Crippen molar-refractivity contribution in [1.82, 2.24) is 4.90 Å². The Hall–Kier alpha value is -2.28. The van der Waals surface area contributed by atoms with E-state index in [1.807, 2.05) is 6.07 Å². The highest BCUT2D eigenvalue weighted by atomic mass is 16.7. The molecule has 3 aliphatic heterocycles. The summed E-state index contributed by atoms with van der Waals surface area (Å²) in [6, 6.07) is 3.88. The molecule has 1 aromatic carbocycles. The fourth-order valence-electron chi connectivity index (χ4n) is 6.65. The number of likely N-dealkylation sites (N-methyl/N-ethyl adjacent to an activating group) is 1. The largest absolute Gasteiger partial charge is 0.455 e. The summed E-state index contributed by atoms with van der Waals surface area (Å²) in [6.07, 6.45) is 2.31. The molecule has 0 aromatic heterocycles. The Morgan fingerprint density at radius 3 is 2.75 bits per heavy atom. The quantitative estimate of drug-likeness (QED) is 0.686. The van der Waals surface area contributed by atoms with Gasteiger partial charge in [0.15, 0.2) is 22.7 Å². The second-order valence-corrected chi connectivity index (χ2v) is 9.32. The molecule has 3 fully saturated rings. The maximum absolute atomic E-state index is 13.0. The van der Waals surface area contributed by atoms with Gasteiger partial charge in [0.2, 0.25) is 6.79 Å². The number of nitrogens with zero attached hydrogens (tertiary/aromatic N) is 1. The van der Waals surface area contributed by atoms with Crippen LogP contribution in [0, 0.1) is 5.41 Å². The van der Waals surface area contributed by atoms with Gasteiger partial charge in [0.1, 0.15) is 0 Å². The van der Waals surface area contributed by atoms with E-state index in [-0.39, 0.29) is 36.1 Å². The number of ether oxygens (including phenoxy) is 4. The number of carbonyl (C=O) groups is 2. The summed E-state index contributed by atoms with van der Waals surface area (Å²) in [6.45, 7) is 4.83. The van der Waals surface area contributed by atoms with E-state index < -0.39 is 11.2 Å². The number of benzene rings is 1. The molecule has 148 valence electrons. The number of fused-ring (bicyclic) bond motifs is 5. The third-order valence-corrected chi connectivity index (χ3v) is 7.64. The molecule has 7 heteroatoms. The second kappa shape index (κ2) is 4.82. The summed E-state index contributed by atoms with van der Waals surface area (Å²) in [7, 11) is 2.13. The third kappa shape index (κ3) is 1.79. The van der Waals surface area contributed by atoms with Crippen LogP contribution in [0.1, 0.15) is 54.9 Å². The highest BCUT2D eigenvalue weighted by Gasteiger charge is 2.85. The molecule has 7 nitrogen and oxygen atoms in total. The van der Waals surface area contributed by atoms with Crippen LogP contribution in [0.2, 0.25) is 0 Å². The Kier molecular flexibility index (Phi) is 2.87. The van der Waals surface area contributed by atoms with Gasteiger partial charge in [0.05, 0.1) is 5.56 Å². The predicted octanol–water partition coefficient (Wildman–Crippen LogP) is 2.23. The maximum Gasteiger partial charge on any atom is 0.339 e. The van der Waals surface area contributed by atoms with E-state index in [9.17, 15) is 9.59 Å². The SMILES string of the molecule is CC(=O)O[C@]12C[C@@]3(C)CCN(C)[C@H]3[C@@H]3c4cc5c(cc4C(=O)O[C@@]31C2)OCO5. The number of hydrogen-bond donors (Lipinski definition) is 0. The number of rotatable bonds is 1. The molecule has 0 bridgehead atoms. The van der Waals surface area contributed by atoms with Gasteiger partial charge in [0.25, 0.3) is 0 Å². The fourth-order valence-corrected chi connectivity index (χ4v) is 6.65. The van der Waals surface area contributed by atoms with Crippen molar-refractivity contribution in [3.8, 4) is 11.5 Å². The zero-order valence-corrected chi connectivity index (χ0v) is 16.2. The molecule has 6 rings (SSSR count). The van der Waals surface area contributed by atoms with Crippen molar-refractivity contribution in [1.29, 1.82) is 0 Å². The van der Waals surface area contributed by atoms with Crippen LogP contribution in [0.3, 0.4) is 0 Å². The average molecular weight is 385 g/mol. The topological polar surface area (TPSA) is 74.3 Å². The normalized spacial score (nSPS) is 42.0. The van der Waals surface area contributed by atoms with Gasteiger partial charge in [-0.05, 0) is 49.5 Å². The molecule has 28 heavy (non-hydrogen) atoms. The van der Waals surface area contributed by atoms with Gasteiger partial charge in [-0.2, -0.15) is 0 Å². The number of likely N-dealkylation sites (tertiary alicyclic amines) is 1. The van der Waals surface area contributed by atoms with Crippen LogP contribution >= 0.6 is 0 Å². The predicted molar refractivity (Wildman–Crippen MR) is 96.3 cm³/mol. The third-order valence-electron chi connectivity index (χ3n) is 7.64. The van der Waals surface area contributed by atoms with Crippen molar-refractivity contribution >= 4 is 11.9 Å². The molecular formula is C21H23NO6. The summed E-state index contributed by atoms with van der Waals surface area (Å²) >= 11 is 0. The Balaban J connectivity index is 1.57. The summed E-state index contributed by atoms with van der Waals surface area (Å²) < 4.78 is 23.1. The lowest BCUT2D eigenvalue weighted by molar-refractivity contribution is -0.165. The molecule has 5 atom stereocenters. The molecule has 0 unspecified atom stereocenters. The van der Waals surface area contributed by atoms with Gasteiger partial charge in [-0.1, -0.05) is 6.92 Å². The molecule has 1 aromatic rings. The van der Waals surface area contributed by atoms with E-state index in [0.29, 0.717) is 23.5 Å². The Morgan fingerprint density at radius 1 is 1.25 bits per heavy atom. The summed E-state index contributed by atoms with van der Waals surface area (Å²) in [5.41, 5.74) is -0.0814. The van der Waals surface area contributed by atoms with Crippen molar-refractivity contribution in [3.63, 3.8) is 0 Å². The monoisotopic (exact) mass is 385 g/mol. The van der Waals surface area contributed by atoms with Crippen molar-refractivity contribution in [2.45, 2.75) is 56.3 Å². The van der Waals surface area contributed by atoms with Gasteiger partial charge >= 0.3 is 11.9 Å². The van der Waals surface area contributed by atoms with Crippen molar-refractivity contribution in [3.05, 3.63) is 23.3 Å². The van der Waals surface area contributed by atoms with E-state index in [4.69, 9.17) is 18.9 Å². The van der Waals surface area contributed by atoms with Gasteiger partial charge < -0.3 is 23.8 Å². The van der Waals surface area contributed by atoms with Gasteiger partial charge in [0, 0.05) is 25.3 Å². The van der Waals surface area contributed by atoms with Crippen LogP contribution in [-0.4, -0.2) is 54.5 Å². The molecule has 0 amide bonds. The lowest BCUT2D eigenvalue weighted by Gasteiger charge is -2.51. The van der Waals surface area contributed by atoms with Crippen LogP contribution in [0.4, 0.5) is 0 Å². The first-order chi connectivity index (χ1) is 13.3. The number of hydrogen-bond acceptors (Lipinski definition) is 7. The lowest BCUT2D eigenvalue weighted by atomic mass is 9.61. The molecule has 1 spiro atoms. The van der Waals surface area contributed by atoms with Crippen molar-refractivity contribution in [2.75, 3.05) is 20.4 Å². The maximum atomic E-state index is 13.0. The Bertz CT molecular complexity index is 945. The molecule has 0 N–H and O–H groups in total. The van der Waals surface area contributed by atoms with Gasteiger partial charge in [-0.15, -0.1) is 0 Å². The first-order valence-electron chi connectivity index (χ1n) is 9.85. The minimum absolute atomic E-state index is 0.0216. The fraction of sp³-hybridized carbons (Fsp3) is 0.619. The van der Waals surface area contributed by atoms with E-state index in [2.05, 4.69) is 18.9 Å². The molecular weight excluding hydrogens is 362 g/mol. The van der Waals surface area contributed by atoms with Crippen molar-refractivity contribution in [2.24, 2.45) is 5.41 Å². The van der Waals surface area contributed by atoms with Crippen LogP contribution in [0.25, 0.3) is 0 Å². The lowest BCUT2D eigenvalue weighted by Crippen LogP contribution is -2.58. The molecule has 1 saturated heterocycles. The zero-order valence-electron chi connectivity index (χ0n) is 16.2. The summed E-state index contributed by atoms with van der Waals surface area (Å²) in [4.78, 5) is 27.3. The number of esters is 2. The molecule has 0 radical (unpaired) electrons. The van der Waals surface area contributed by atoms with E-state index >= 15 is 0 Å². The van der Waals surface area contributed by atoms with Gasteiger partial charge in [-0.25, -0.2) is 4.79 Å². The second-order valence-electron chi connectivity index (χ2n) is 9.32. The standard InChI is InChI=1S/C21H23NO6/c1-11(23)27-20-8-19(2)4-5-22(3)17(19)16-12-6-14-15(26-10-25-14)7-13(12)18(24)28-21(16,20)9-20/h6-7,16-17H,4-5,8-10H2,1-3H3/t16-,17-,19+,20-,21-/m0/s1. The summed E-state index contributed by atoms with van der Waals surface area (Å²) in [5.74, 6) is 0.474. The number of carbonyl (C=O) groups excluding carboxylic acids is 2. The minimum atomic E-state index is -0.792. The van der Waals surface area contributed by atoms with Gasteiger partial charge in [-0.3, -0.25) is 4.79 Å². The van der Waals surface area contributed by atoms with E-state index in [1.54, 1.807) is 6.07 Å². The van der Waals surface area contributed by atoms with E-state index in [1.165, 1.54) is 6.92 Å². The zero-order chi connectivity index (χ0) is 19.5. The van der Waals surface area contributed by atoms with Crippen molar-refractivity contribution < 1.29 is 28.5 Å². The van der Waals surface area contributed by atoms with Crippen LogP contribution in [0.5, 0.6) is 11.5 Å². The molecule has 3 heterocycles.